The van der Waals surface area contributed by atoms with Crippen molar-refractivity contribution in [3.63, 3.8) is 0 Å². The second-order valence-electron chi connectivity index (χ2n) is 3.12. The Morgan fingerprint density at radius 3 is 3.00 bits per heavy atom. The van der Waals surface area contributed by atoms with Gasteiger partial charge in [0.2, 0.25) is 0 Å². The summed E-state index contributed by atoms with van der Waals surface area (Å²) in [5.74, 6) is 0. The minimum absolute atomic E-state index is 0.301. The van der Waals surface area contributed by atoms with Gasteiger partial charge in [-0.1, -0.05) is 6.07 Å². The summed E-state index contributed by atoms with van der Waals surface area (Å²) in [6.45, 7) is 3.46. The number of aliphatic hydroxyl groups is 1. The Kier molecular flexibility index (Phi) is 5.05. The number of nitrogens with one attached hydrogen (secondary N) is 1. The van der Waals surface area contributed by atoms with Crippen molar-refractivity contribution in [2.24, 2.45) is 0 Å². The molecule has 0 aromatic carbocycles. The van der Waals surface area contributed by atoms with Crippen LogP contribution in [0.5, 0.6) is 0 Å². The molecule has 0 aliphatic heterocycles. The lowest BCUT2D eigenvalue weighted by atomic mass is 10.2. The fourth-order valence-electron chi connectivity index (χ4n) is 1.19. The van der Waals surface area contributed by atoms with E-state index in [0.717, 1.165) is 19.4 Å². The van der Waals surface area contributed by atoms with Crippen molar-refractivity contribution in [1.82, 2.24) is 5.32 Å². The van der Waals surface area contributed by atoms with Crippen LogP contribution in [-0.2, 0) is 0 Å². The molecule has 0 saturated heterocycles. The Morgan fingerprint density at radius 2 is 2.38 bits per heavy atom. The fourth-order valence-corrected chi connectivity index (χ4v) is 1.95. The largest absolute Gasteiger partial charge is 0.396 e. The van der Waals surface area contributed by atoms with Crippen LogP contribution in [0.4, 0.5) is 0 Å². The molecule has 1 atom stereocenters. The van der Waals surface area contributed by atoms with Gasteiger partial charge in [0.15, 0.2) is 0 Å². The molecule has 74 valence electrons. The van der Waals surface area contributed by atoms with Crippen LogP contribution in [0.15, 0.2) is 17.5 Å². The first-order valence-corrected chi connectivity index (χ1v) is 5.60. The minimum Gasteiger partial charge on any atom is -0.396 e. The summed E-state index contributed by atoms with van der Waals surface area (Å²) >= 11 is 1.78. The van der Waals surface area contributed by atoms with Crippen molar-refractivity contribution < 1.29 is 5.11 Å². The number of rotatable bonds is 6. The first-order valence-electron chi connectivity index (χ1n) is 4.72. The Bertz CT molecular complexity index is 211. The molecule has 1 rings (SSSR count). The van der Waals surface area contributed by atoms with Crippen molar-refractivity contribution in [1.29, 1.82) is 0 Å². The molecule has 2 N–H and O–H groups in total. The third-order valence-electron chi connectivity index (χ3n) is 2.01. The quantitative estimate of drug-likeness (QED) is 0.688. The molecule has 0 bridgehead atoms. The third-order valence-corrected chi connectivity index (χ3v) is 3.06. The van der Waals surface area contributed by atoms with Crippen LogP contribution in [0.1, 0.15) is 30.7 Å². The normalized spacial score (nSPS) is 13.1. The predicted molar refractivity (Wildman–Crippen MR) is 57.1 cm³/mol. The van der Waals surface area contributed by atoms with Gasteiger partial charge in [-0.25, -0.2) is 0 Å². The molecular weight excluding hydrogens is 182 g/mol. The average molecular weight is 199 g/mol. The van der Waals surface area contributed by atoms with Gasteiger partial charge in [-0.2, -0.15) is 0 Å². The molecule has 2 nitrogen and oxygen atoms in total. The zero-order valence-corrected chi connectivity index (χ0v) is 8.81. The molecule has 0 radical (unpaired) electrons. The number of aliphatic hydroxyl groups excluding tert-OH is 1. The highest BCUT2D eigenvalue weighted by molar-refractivity contribution is 7.10. The highest BCUT2D eigenvalue weighted by atomic mass is 32.1. The van der Waals surface area contributed by atoms with Gasteiger partial charge >= 0.3 is 0 Å². The van der Waals surface area contributed by atoms with Crippen LogP contribution >= 0.6 is 11.3 Å². The van der Waals surface area contributed by atoms with Gasteiger partial charge in [-0.3, -0.25) is 0 Å². The molecule has 13 heavy (non-hydrogen) atoms. The summed E-state index contributed by atoms with van der Waals surface area (Å²) in [6.07, 6.45) is 1.94. The van der Waals surface area contributed by atoms with Crippen LogP contribution < -0.4 is 5.32 Å². The van der Waals surface area contributed by atoms with Crippen molar-refractivity contribution in [3.05, 3.63) is 22.4 Å². The van der Waals surface area contributed by atoms with E-state index in [1.54, 1.807) is 11.3 Å². The van der Waals surface area contributed by atoms with Crippen LogP contribution in [0, 0.1) is 0 Å². The van der Waals surface area contributed by atoms with Crippen molar-refractivity contribution >= 4 is 11.3 Å². The van der Waals surface area contributed by atoms with E-state index in [-0.39, 0.29) is 0 Å². The Labute approximate surface area is 83.6 Å². The molecule has 1 heterocycles. The highest BCUT2D eigenvalue weighted by Crippen LogP contribution is 2.17. The zero-order chi connectivity index (χ0) is 9.52. The van der Waals surface area contributed by atoms with Gasteiger partial charge < -0.3 is 10.4 Å². The van der Waals surface area contributed by atoms with Crippen molar-refractivity contribution in [3.8, 4) is 0 Å². The molecular formula is C10H17NOS. The van der Waals surface area contributed by atoms with Gasteiger partial charge in [-0.05, 0) is 37.8 Å². The van der Waals surface area contributed by atoms with E-state index in [9.17, 15) is 0 Å². The molecule has 0 aliphatic carbocycles. The standard InChI is InChI=1S/C10H17NOS/c1-9(10-5-4-8-13-10)11-6-2-3-7-12/h4-5,8-9,11-12H,2-3,6-7H2,1H3/t9-/m1/s1. The molecule has 0 fully saturated rings. The molecule has 0 spiro atoms. The summed E-state index contributed by atoms with van der Waals surface area (Å²) in [5, 5.41) is 14.1. The highest BCUT2D eigenvalue weighted by Gasteiger charge is 2.03. The van der Waals surface area contributed by atoms with E-state index in [1.165, 1.54) is 4.88 Å². The summed E-state index contributed by atoms with van der Waals surface area (Å²) in [5.41, 5.74) is 0. The van der Waals surface area contributed by atoms with Crippen LogP contribution in [0.25, 0.3) is 0 Å². The van der Waals surface area contributed by atoms with Crippen LogP contribution in [0.2, 0.25) is 0 Å². The van der Waals surface area contributed by atoms with Gasteiger partial charge in [0, 0.05) is 17.5 Å². The summed E-state index contributed by atoms with van der Waals surface area (Å²) < 4.78 is 0. The SMILES string of the molecule is C[C@@H](NCCCCO)c1cccs1. The lowest BCUT2D eigenvalue weighted by molar-refractivity contribution is 0.283. The first-order chi connectivity index (χ1) is 6.34. The Morgan fingerprint density at radius 1 is 1.54 bits per heavy atom. The zero-order valence-electron chi connectivity index (χ0n) is 7.99. The predicted octanol–water partition coefficient (Wildman–Crippen LogP) is 2.17. The first kappa shape index (κ1) is 10.7. The maximum Gasteiger partial charge on any atom is 0.0431 e. The van der Waals surface area contributed by atoms with E-state index in [4.69, 9.17) is 5.11 Å². The molecule has 0 amide bonds. The summed E-state index contributed by atoms with van der Waals surface area (Å²) in [4.78, 5) is 1.38. The maximum absolute atomic E-state index is 8.59. The summed E-state index contributed by atoms with van der Waals surface area (Å²) in [7, 11) is 0. The minimum atomic E-state index is 0.301. The topological polar surface area (TPSA) is 32.3 Å². The van der Waals surface area contributed by atoms with Crippen molar-refractivity contribution in [2.75, 3.05) is 13.2 Å². The van der Waals surface area contributed by atoms with Gasteiger partial charge in [0.1, 0.15) is 0 Å². The third kappa shape index (κ3) is 3.89. The molecule has 0 unspecified atom stereocenters. The van der Waals surface area contributed by atoms with Gasteiger partial charge in [0.05, 0.1) is 0 Å². The van der Waals surface area contributed by atoms with E-state index < -0.39 is 0 Å². The Balaban J connectivity index is 2.15. The molecule has 1 aromatic heterocycles. The van der Waals surface area contributed by atoms with Gasteiger partial charge in [-0.15, -0.1) is 11.3 Å². The van der Waals surface area contributed by atoms with Crippen molar-refractivity contribution in [2.45, 2.75) is 25.8 Å². The average Bonchev–Trinajstić information content (AvgIpc) is 2.65. The second kappa shape index (κ2) is 6.13. The molecule has 0 aliphatic rings. The number of thiophene rings is 1. The van der Waals surface area contributed by atoms with Gasteiger partial charge in [0.25, 0.3) is 0 Å². The number of hydrogen-bond acceptors (Lipinski definition) is 3. The smallest absolute Gasteiger partial charge is 0.0431 e. The lowest BCUT2D eigenvalue weighted by Gasteiger charge is -2.11. The van der Waals surface area contributed by atoms with E-state index in [2.05, 4.69) is 29.8 Å². The molecule has 0 saturated carbocycles. The van der Waals surface area contributed by atoms with Crippen LogP contribution in [-0.4, -0.2) is 18.3 Å². The van der Waals surface area contributed by atoms with Crippen LogP contribution in [0.3, 0.4) is 0 Å². The fraction of sp³-hybridized carbons (Fsp3) is 0.600. The Hall–Kier alpha value is -0.380. The molecule has 3 heteroatoms. The lowest BCUT2D eigenvalue weighted by Crippen LogP contribution is -2.19. The maximum atomic E-state index is 8.59. The second-order valence-corrected chi connectivity index (χ2v) is 4.10. The molecule has 1 aromatic rings. The van der Waals surface area contributed by atoms with E-state index >= 15 is 0 Å². The number of hydrogen-bond donors (Lipinski definition) is 2. The van der Waals surface area contributed by atoms with E-state index in [0.29, 0.717) is 12.6 Å². The van der Waals surface area contributed by atoms with E-state index in [1.807, 2.05) is 0 Å². The number of unbranched alkanes of at least 4 members (excludes halogenated alkanes) is 1. The monoisotopic (exact) mass is 199 g/mol. The summed E-state index contributed by atoms with van der Waals surface area (Å²) in [6, 6.07) is 4.67.